The molecule has 0 rings (SSSR count). The molecule has 0 aliphatic rings. The van der Waals surface area contributed by atoms with Crippen LogP contribution in [0.4, 0.5) is 0 Å². The largest absolute Gasteiger partial charge is 0.369 e. The Morgan fingerprint density at radius 3 is 2.64 bits per heavy atom. The van der Waals surface area contributed by atoms with E-state index in [-0.39, 0.29) is 11.7 Å². The Bertz CT molecular complexity index is 220. The van der Waals surface area contributed by atoms with Crippen molar-refractivity contribution in [1.29, 1.82) is 0 Å². The average Bonchev–Trinajstić information content (AvgIpc) is 2.12. The molecule has 0 saturated carbocycles. The Morgan fingerprint density at radius 1 is 1.57 bits per heavy atom. The summed E-state index contributed by atoms with van der Waals surface area (Å²) in [6.07, 6.45) is 2.38. The summed E-state index contributed by atoms with van der Waals surface area (Å²) < 4.78 is 5.41. The summed E-state index contributed by atoms with van der Waals surface area (Å²) in [4.78, 5) is 14.1. The minimum Gasteiger partial charge on any atom is -0.369 e. The predicted octanol–water partition coefficient (Wildman–Crippen LogP) is 1.70. The summed E-state index contributed by atoms with van der Waals surface area (Å²) >= 11 is 0. The lowest BCUT2D eigenvalue weighted by Gasteiger charge is -2.16. The number of Topliss-reactive ketones (excluding diaryl/α,β-unsaturated/α-hetero) is 1. The lowest BCUT2D eigenvalue weighted by atomic mass is 10.0. The van der Waals surface area contributed by atoms with Gasteiger partial charge in [-0.3, -0.25) is 4.79 Å². The molecular formula is C10H18N2O2. The zero-order valence-electron chi connectivity index (χ0n) is 9.06. The molecule has 1 atom stereocenters. The minimum absolute atomic E-state index is 0.0948. The quantitative estimate of drug-likeness (QED) is 0.270. The third kappa shape index (κ3) is 4.90. The summed E-state index contributed by atoms with van der Waals surface area (Å²) in [7, 11) is 0. The van der Waals surface area contributed by atoms with Gasteiger partial charge in [-0.25, -0.2) is 0 Å². The van der Waals surface area contributed by atoms with E-state index >= 15 is 0 Å². The van der Waals surface area contributed by atoms with Gasteiger partial charge in [0.1, 0.15) is 6.10 Å². The Hall–Kier alpha value is -0.990. The van der Waals surface area contributed by atoms with Gasteiger partial charge in [-0.15, -0.1) is 0 Å². The van der Waals surface area contributed by atoms with Gasteiger partial charge in [0.05, 0.1) is 0 Å². The fourth-order valence-corrected chi connectivity index (χ4v) is 1.09. The Labute approximate surface area is 84.9 Å². The molecule has 0 bridgehead atoms. The summed E-state index contributed by atoms with van der Waals surface area (Å²) in [6, 6.07) is 0. The molecule has 0 aromatic heterocycles. The molecule has 0 fully saturated rings. The monoisotopic (exact) mass is 198 g/mol. The third-order valence-electron chi connectivity index (χ3n) is 1.87. The van der Waals surface area contributed by atoms with E-state index in [2.05, 4.69) is 11.7 Å². The molecule has 4 heteroatoms. The van der Waals surface area contributed by atoms with Crippen LogP contribution in [0, 0.1) is 5.92 Å². The number of rotatable bonds is 7. The zero-order valence-corrected chi connectivity index (χ0v) is 9.06. The number of ether oxygens (including phenoxy) is 1. The molecule has 0 aromatic rings. The Kier molecular flexibility index (Phi) is 6.89. The van der Waals surface area contributed by atoms with Crippen LogP contribution in [0.2, 0.25) is 0 Å². The van der Waals surface area contributed by atoms with Gasteiger partial charge in [0.2, 0.25) is 0 Å². The Morgan fingerprint density at radius 2 is 2.21 bits per heavy atom. The number of hydrogen-bond acceptors (Lipinski definition) is 2. The van der Waals surface area contributed by atoms with E-state index in [4.69, 9.17) is 10.3 Å². The van der Waals surface area contributed by atoms with E-state index in [1.54, 1.807) is 0 Å². The van der Waals surface area contributed by atoms with Gasteiger partial charge in [-0.1, -0.05) is 27.2 Å². The van der Waals surface area contributed by atoms with Crippen molar-refractivity contribution in [3.63, 3.8) is 0 Å². The second kappa shape index (κ2) is 7.42. The zero-order chi connectivity index (χ0) is 11.0. The number of carbonyl (C=O) groups excluding carboxylic acids is 1. The number of hydrogen-bond donors (Lipinski definition) is 0. The minimum atomic E-state index is -0.488. The number of unbranched alkanes of at least 4 members (excludes halogenated alkanes) is 1. The molecule has 0 aromatic carbocycles. The molecule has 0 N–H and O–H groups in total. The maximum Gasteiger partial charge on any atom is 0.325 e. The van der Waals surface area contributed by atoms with Crippen molar-refractivity contribution in [2.24, 2.45) is 5.92 Å². The van der Waals surface area contributed by atoms with Crippen LogP contribution in [-0.2, 0) is 9.53 Å². The normalized spacial score (nSPS) is 12.3. The molecule has 0 aliphatic carbocycles. The predicted molar refractivity (Wildman–Crippen MR) is 54.2 cm³/mol. The van der Waals surface area contributed by atoms with Crippen molar-refractivity contribution in [2.45, 2.75) is 39.7 Å². The number of ketones is 1. The van der Waals surface area contributed by atoms with E-state index in [0.29, 0.717) is 6.61 Å². The standard InChI is InChI=1S/C10H18N2O2/c1-4-5-6-14-10(8(2)3)9(13)7-12-11/h7-8,10H,4-6H2,1-3H3. The smallest absolute Gasteiger partial charge is 0.325 e. The van der Waals surface area contributed by atoms with Crippen LogP contribution in [0.15, 0.2) is 0 Å². The molecular weight excluding hydrogens is 180 g/mol. The second-order valence-corrected chi connectivity index (χ2v) is 3.54. The highest BCUT2D eigenvalue weighted by atomic mass is 16.5. The number of carbonyl (C=O) groups is 1. The van der Waals surface area contributed by atoms with Gasteiger partial charge in [0.25, 0.3) is 5.78 Å². The van der Waals surface area contributed by atoms with Crippen molar-refractivity contribution in [1.82, 2.24) is 0 Å². The lowest BCUT2D eigenvalue weighted by molar-refractivity contribution is -0.129. The summed E-state index contributed by atoms with van der Waals surface area (Å²) in [5, 5.41) is 0. The van der Waals surface area contributed by atoms with Crippen molar-refractivity contribution in [3.05, 3.63) is 5.53 Å². The third-order valence-corrected chi connectivity index (χ3v) is 1.87. The van der Waals surface area contributed by atoms with Gasteiger partial charge in [-0.2, -0.15) is 4.79 Å². The lowest BCUT2D eigenvalue weighted by Crippen LogP contribution is -2.31. The van der Waals surface area contributed by atoms with Gasteiger partial charge in [-0.05, 0) is 12.3 Å². The molecule has 0 spiro atoms. The van der Waals surface area contributed by atoms with E-state index in [1.807, 2.05) is 13.8 Å². The van der Waals surface area contributed by atoms with E-state index in [9.17, 15) is 4.79 Å². The van der Waals surface area contributed by atoms with Gasteiger partial charge >= 0.3 is 6.21 Å². The molecule has 0 saturated heterocycles. The van der Waals surface area contributed by atoms with Gasteiger partial charge in [0, 0.05) is 6.61 Å². The second-order valence-electron chi connectivity index (χ2n) is 3.54. The molecule has 80 valence electrons. The fourth-order valence-electron chi connectivity index (χ4n) is 1.09. The van der Waals surface area contributed by atoms with Crippen molar-refractivity contribution < 1.29 is 14.3 Å². The highest BCUT2D eigenvalue weighted by Crippen LogP contribution is 2.07. The molecule has 0 amide bonds. The highest BCUT2D eigenvalue weighted by Gasteiger charge is 2.23. The van der Waals surface area contributed by atoms with Crippen molar-refractivity contribution in [3.8, 4) is 0 Å². The first-order valence-corrected chi connectivity index (χ1v) is 4.96. The first-order valence-electron chi connectivity index (χ1n) is 4.96. The molecule has 14 heavy (non-hydrogen) atoms. The van der Waals surface area contributed by atoms with Crippen LogP contribution in [0.5, 0.6) is 0 Å². The van der Waals surface area contributed by atoms with Crippen molar-refractivity contribution >= 4 is 12.0 Å². The molecule has 0 heterocycles. The molecule has 1 unspecified atom stereocenters. The molecule has 0 radical (unpaired) electrons. The van der Waals surface area contributed by atoms with Crippen LogP contribution in [0.1, 0.15) is 33.6 Å². The van der Waals surface area contributed by atoms with Crippen LogP contribution >= 0.6 is 0 Å². The van der Waals surface area contributed by atoms with Gasteiger partial charge in [0.15, 0.2) is 0 Å². The van der Waals surface area contributed by atoms with Crippen LogP contribution in [0.3, 0.4) is 0 Å². The Balaban J connectivity index is 4.14. The fraction of sp³-hybridized carbons (Fsp3) is 0.800. The SMILES string of the molecule is CCCCOC(C(=O)C=[N+]=[N-])C(C)C. The summed E-state index contributed by atoms with van der Waals surface area (Å²) in [5.74, 6) is -0.184. The summed E-state index contributed by atoms with van der Waals surface area (Å²) in [5.41, 5.74) is 8.23. The average molecular weight is 198 g/mol. The summed E-state index contributed by atoms with van der Waals surface area (Å²) in [6.45, 7) is 6.44. The maximum absolute atomic E-state index is 11.3. The van der Waals surface area contributed by atoms with Crippen LogP contribution in [0.25, 0.3) is 5.53 Å². The van der Waals surface area contributed by atoms with Crippen LogP contribution < -0.4 is 0 Å². The highest BCUT2D eigenvalue weighted by molar-refractivity contribution is 6.27. The number of nitrogens with zero attached hydrogens (tertiary/aromatic N) is 2. The van der Waals surface area contributed by atoms with E-state index < -0.39 is 6.10 Å². The van der Waals surface area contributed by atoms with Crippen LogP contribution in [-0.4, -0.2) is 29.5 Å². The van der Waals surface area contributed by atoms with Crippen molar-refractivity contribution in [2.75, 3.05) is 6.61 Å². The van der Waals surface area contributed by atoms with E-state index in [1.165, 1.54) is 0 Å². The maximum atomic E-state index is 11.3. The van der Waals surface area contributed by atoms with Gasteiger partial charge < -0.3 is 10.3 Å². The first-order chi connectivity index (χ1) is 6.63. The molecule has 0 aliphatic heterocycles. The molecule has 4 nitrogen and oxygen atoms in total. The topological polar surface area (TPSA) is 62.7 Å². The first kappa shape index (κ1) is 13.0. The van der Waals surface area contributed by atoms with E-state index in [0.717, 1.165) is 19.1 Å².